The number of benzene rings is 1. The first-order chi connectivity index (χ1) is 9.32. The zero-order valence-electron chi connectivity index (χ0n) is 12.0. The Hall–Kier alpha value is -2.30. The summed E-state index contributed by atoms with van der Waals surface area (Å²) in [7, 11) is 1.60. The fourth-order valence-corrected chi connectivity index (χ4v) is 1.97. The summed E-state index contributed by atoms with van der Waals surface area (Å²) in [6, 6.07) is 7.84. The van der Waals surface area contributed by atoms with E-state index in [4.69, 9.17) is 4.74 Å². The van der Waals surface area contributed by atoms with Crippen LogP contribution in [0.1, 0.15) is 26.3 Å². The van der Waals surface area contributed by atoms with Crippen LogP contribution in [0.3, 0.4) is 0 Å². The van der Waals surface area contributed by atoms with Crippen molar-refractivity contribution >= 4 is 0 Å². The van der Waals surface area contributed by atoms with Crippen molar-refractivity contribution < 1.29 is 4.74 Å². The summed E-state index contributed by atoms with van der Waals surface area (Å²) in [4.78, 5) is 25.1. The van der Waals surface area contributed by atoms with Crippen LogP contribution in [0.15, 0.2) is 34.0 Å². The van der Waals surface area contributed by atoms with Gasteiger partial charge in [-0.1, -0.05) is 20.8 Å². The molecule has 2 aromatic rings. The largest absolute Gasteiger partial charge is 0.496 e. The molecule has 1 N–H and O–H groups in total. The van der Waals surface area contributed by atoms with Crippen LogP contribution in [0, 0.1) is 6.07 Å². The van der Waals surface area contributed by atoms with Gasteiger partial charge in [-0.3, -0.25) is 14.3 Å². The molecule has 0 fully saturated rings. The summed E-state index contributed by atoms with van der Waals surface area (Å²) < 4.78 is 6.68. The van der Waals surface area contributed by atoms with Crippen LogP contribution in [0.5, 0.6) is 5.75 Å². The van der Waals surface area contributed by atoms with Crippen molar-refractivity contribution in [1.82, 2.24) is 9.55 Å². The molecule has 0 aliphatic carbocycles. The lowest BCUT2D eigenvalue weighted by Crippen LogP contribution is -2.27. The molecule has 0 aliphatic rings. The standard InChI is InChI=1S/C15H17N2O3/c1-15(2,3)11-9-10(5-6-12(11)20-4)17-8-7-13(18)16-14(17)19/h6-9H,1-4H3,(H,16,18,19). The smallest absolute Gasteiger partial charge is 0.332 e. The van der Waals surface area contributed by atoms with Gasteiger partial charge in [0.05, 0.1) is 12.8 Å². The van der Waals surface area contributed by atoms with Gasteiger partial charge >= 0.3 is 5.69 Å². The summed E-state index contributed by atoms with van der Waals surface area (Å²) in [6.45, 7) is 6.18. The van der Waals surface area contributed by atoms with Crippen molar-refractivity contribution in [2.45, 2.75) is 26.2 Å². The molecule has 0 saturated heterocycles. The molecule has 0 saturated carbocycles. The minimum Gasteiger partial charge on any atom is -0.496 e. The van der Waals surface area contributed by atoms with Crippen LogP contribution < -0.4 is 16.0 Å². The van der Waals surface area contributed by atoms with E-state index in [0.717, 1.165) is 11.3 Å². The van der Waals surface area contributed by atoms with E-state index in [2.05, 4.69) is 31.8 Å². The number of hydrogen-bond donors (Lipinski definition) is 1. The van der Waals surface area contributed by atoms with Crippen LogP contribution in [-0.2, 0) is 5.41 Å². The van der Waals surface area contributed by atoms with Gasteiger partial charge in [0, 0.05) is 23.9 Å². The van der Waals surface area contributed by atoms with Crippen molar-refractivity contribution in [1.29, 1.82) is 0 Å². The number of methoxy groups -OCH3 is 1. The predicted molar refractivity (Wildman–Crippen MR) is 76.7 cm³/mol. The maximum atomic E-state index is 11.8. The Balaban J connectivity index is 2.65. The lowest BCUT2D eigenvalue weighted by molar-refractivity contribution is 0.397. The fourth-order valence-electron chi connectivity index (χ4n) is 1.97. The minimum absolute atomic E-state index is 0.138. The molecule has 0 unspecified atom stereocenters. The first kappa shape index (κ1) is 14.1. The summed E-state index contributed by atoms with van der Waals surface area (Å²) in [5.74, 6) is 0.721. The van der Waals surface area contributed by atoms with Gasteiger partial charge in [0.25, 0.3) is 5.56 Å². The Bertz CT molecular complexity index is 736. The third-order valence-electron chi connectivity index (χ3n) is 3.01. The van der Waals surface area contributed by atoms with E-state index in [0.29, 0.717) is 5.69 Å². The SMILES string of the molecule is COc1c[c]c(-n2ccc(=O)[nH]c2=O)cc1C(C)(C)C. The molecule has 0 aliphatic heterocycles. The van der Waals surface area contributed by atoms with Crippen molar-refractivity contribution in [2.24, 2.45) is 0 Å². The van der Waals surface area contributed by atoms with E-state index in [1.54, 1.807) is 13.2 Å². The van der Waals surface area contributed by atoms with Gasteiger partial charge in [-0.2, -0.15) is 0 Å². The third kappa shape index (κ3) is 2.66. The molecular formula is C15H17N2O3. The molecule has 5 nitrogen and oxygen atoms in total. The van der Waals surface area contributed by atoms with Crippen LogP contribution in [-0.4, -0.2) is 16.7 Å². The number of nitrogens with zero attached hydrogens (tertiary/aromatic N) is 1. The first-order valence-electron chi connectivity index (χ1n) is 6.25. The van der Waals surface area contributed by atoms with Crippen LogP contribution >= 0.6 is 0 Å². The predicted octanol–water partition coefficient (Wildman–Crippen LogP) is 1.63. The average Bonchev–Trinajstić information content (AvgIpc) is 2.37. The molecule has 1 aromatic carbocycles. The number of ether oxygens (including phenoxy) is 1. The zero-order chi connectivity index (χ0) is 14.9. The molecule has 20 heavy (non-hydrogen) atoms. The van der Waals surface area contributed by atoms with E-state index in [1.807, 2.05) is 6.07 Å². The Morgan fingerprint density at radius 3 is 2.55 bits per heavy atom. The highest BCUT2D eigenvalue weighted by atomic mass is 16.5. The highest BCUT2D eigenvalue weighted by Crippen LogP contribution is 2.32. The quantitative estimate of drug-likeness (QED) is 0.904. The zero-order valence-corrected chi connectivity index (χ0v) is 12.0. The highest BCUT2D eigenvalue weighted by Gasteiger charge is 2.20. The second-order valence-electron chi connectivity index (χ2n) is 5.53. The Kier molecular flexibility index (Phi) is 3.53. The van der Waals surface area contributed by atoms with Gasteiger partial charge in [0.15, 0.2) is 0 Å². The van der Waals surface area contributed by atoms with Crippen LogP contribution in [0.25, 0.3) is 5.69 Å². The van der Waals surface area contributed by atoms with Crippen LogP contribution in [0.4, 0.5) is 0 Å². The molecule has 5 heteroatoms. The van der Waals surface area contributed by atoms with Gasteiger partial charge in [0.1, 0.15) is 5.75 Å². The Labute approximate surface area is 116 Å². The van der Waals surface area contributed by atoms with E-state index < -0.39 is 11.2 Å². The molecule has 1 heterocycles. The van der Waals surface area contributed by atoms with E-state index in [1.165, 1.54) is 16.8 Å². The average molecular weight is 273 g/mol. The van der Waals surface area contributed by atoms with Gasteiger partial charge in [-0.15, -0.1) is 0 Å². The van der Waals surface area contributed by atoms with Crippen LogP contribution in [0.2, 0.25) is 0 Å². The fraction of sp³-hybridized carbons (Fsp3) is 0.333. The molecule has 0 amide bonds. The number of H-pyrrole nitrogens is 1. The highest BCUT2D eigenvalue weighted by molar-refractivity contribution is 5.46. The maximum absolute atomic E-state index is 11.8. The molecule has 105 valence electrons. The molecule has 0 spiro atoms. The third-order valence-corrected chi connectivity index (χ3v) is 3.01. The van der Waals surface area contributed by atoms with E-state index >= 15 is 0 Å². The lowest BCUT2D eigenvalue weighted by Gasteiger charge is -2.23. The van der Waals surface area contributed by atoms with Gasteiger partial charge in [-0.05, 0) is 17.5 Å². The Morgan fingerprint density at radius 2 is 2.00 bits per heavy atom. The second kappa shape index (κ2) is 5.00. The minimum atomic E-state index is -0.487. The maximum Gasteiger partial charge on any atom is 0.332 e. The molecular weight excluding hydrogens is 256 g/mol. The first-order valence-corrected chi connectivity index (χ1v) is 6.25. The molecule has 1 radical (unpaired) electrons. The van der Waals surface area contributed by atoms with Gasteiger partial charge < -0.3 is 4.74 Å². The molecule has 0 atom stereocenters. The summed E-state index contributed by atoms with van der Waals surface area (Å²) in [5.41, 5.74) is 0.486. The number of nitrogens with one attached hydrogen (secondary N) is 1. The van der Waals surface area contributed by atoms with E-state index in [-0.39, 0.29) is 5.41 Å². The molecule has 2 rings (SSSR count). The van der Waals surface area contributed by atoms with Crippen molar-refractivity contribution in [3.63, 3.8) is 0 Å². The van der Waals surface area contributed by atoms with Crippen molar-refractivity contribution in [2.75, 3.05) is 7.11 Å². The second-order valence-corrected chi connectivity index (χ2v) is 5.53. The topological polar surface area (TPSA) is 64.1 Å². The monoisotopic (exact) mass is 273 g/mol. The van der Waals surface area contributed by atoms with Crippen molar-refractivity contribution in [3.8, 4) is 11.4 Å². The normalized spacial score (nSPS) is 11.4. The summed E-state index contributed by atoms with van der Waals surface area (Å²) in [6.07, 6.45) is 1.44. The number of hydrogen-bond acceptors (Lipinski definition) is 3. The Morgan fingerprint density at radius 1 is 1.30 bits per heavy atom. The summed E-state index contributed by atoms with van der Waals surface area (Å²) in [5, 5.41) is 0. The van der Waals surface area contributed by atoms with Crippen molar-refractivity contribution in [3.05, 3.63) is 56.9 Å². The van der Waals surface area contributed by atoms with Gasteiger partial charge in [0.2, 0.25) is 0 Å². The molecule has 0 bridgehead atoms. The number of aromatic amines is 1. The molecule has 1 aromatic heterocycles. The lowest BCUT2D eigenvalue weighted by atomic mass is 9.86. The van der Waals surface area contributed by atoms with Gasteiger partial charge in [-0.25, -0.2) is 4.79 Å². The number of rotatable bonds is 2. The number of aromatic nitrogens is 2. The summed E-state index contributed by atoms with van der Waals surface area (Å²) >= 11 is 0. The van der Waals surface area contributed by atoms with E-state index in [9.17, 15) is 9.59 Å².